The van der Waals surface area contributed by atoms with Crippen molar-refractivity contribution in [3.8, 4) is 0 Å². The van der Waals surface area contributed by atoms with E-state index in [4.69, 9.17) is 16.3 Å². The molecule has 0 rings (SSSR count). The normalized spacial score (nSPS) is 11.8. The molecular weight excluding hydrogens is 179 g/mol. The molecule has 1 unspecified atom stereocenters. The first kappa shape index (κ1) is 14.3. The molecule has 0 saturated carbocycles. The number of halogens is 1. The van der Waals surface area contributed by atoms with Crippen molar-refractivity contribution >= 4 is 17.6 Å². The summed E-state index contributed by atoms with van der Waals surface area (Å²) in [5.41, 5.74) is 0. The molecule has 0 aliphatic rings. The van der Waals surface area contributed by atoms with Crippen LogP contribution in [0.15, 0.2) is 0 Å². The van der Waals surface area contributed by atoms with E-state index in [0.29, 0.717) is 12.3 Å². The van der Waals surface area contributed by atoms with E-state index in [1.165, 1.54) is 0 Å². The number of carboxylic acids is 1. The zero-order valence-corrected chi connectivity index (χ0v) is 9.56. The van der Waals surface area contributed by atoms with Crippen LogP contribution < -0.4 is 34.7 Å². The number of carbonyl (C=O) groups excluding carboxylic acids is 1. The maximum atomic E-state index is 10.2. The molecule has 0 aromatic heterocycles. The van der Waals surface area contributed by atoms with E-state index >= 15 is 0 Å². The molecule has 0 saturated heterocycles. The Bertz CT molecular complexity index is 110. The average molecular weight is 189 g/mol. The van der Waals surface area contributed by atoms with E-state index in [1.54, 1.807) is 6.92 Å². The van der Waals surface area contributed by atoms with Gasteiger partial charge in [0.2, 0.25) is 0 Å². The molecule has 0 aliphatic carbocycles. The van der Waals surface area contributed by atoms with E-state index in [-0.39, 0.29) is 36.2 Å². The van der Waals surface area contributed by atoms with Crippen LogP contribution in [0.5, 0.6) is 0 Å². The number of aliphatic carboxylic acids is 1. The molecule has 60 valence electrons. The number of ether oxygens (including phenoxy) is 1. The number of carbonyl (C=O) groups is 1. The molecule has 1 atom stereocenters. The number of hydrogen-bond donors (Lipinski definition) is 0. The van der Waals surface area contributed by atoms with Gasteiger partial charge in [-0.05, 0) is 6.42 Å². The third-order valence-electron chi connectivity index (χ3n) is 1.03. The summed E-state index contributed by atoms with van der Waals surface area (Å²) in [6.45, 7) is 1.97. The Morgan fingerprint density at radius 1 is 1.73 bits per heavy atom. The van der Waals surface area contributed by atoms with Crippen LogP contribution in [0, 0.1) is 0 Å². The molecule has 0 heterocycles. The number of hydrogen-bond acceptors (Lipinski definition) is 3. The topological polar surface area (TPSA) is 49.4 Å². The fourth-order valence-corrected chi connectivity index (χ4v) is 0.628. The standard InChI is InChI=1S/C6H11ClO3.Na/c1-2-5(6(8)9)10-4-3-7;/h5H,2-4H2,1H3,(H,8,9);/q;+1/p-1. The monoisotopic (exact) mass is 188 g/mol. The Morgan fingerprint density at radius 3 is 2.55 bits per heavy atom. The quantitative estimate of drug-likeness (QED) is 0.337. The van der Waals surface area contributed by atoms with E-state index < -0.39 is 12.1 Å². The molecule has 0 fully saturated rings. The van der Waals surface area contributed by atoms with Gasteiger partial charge in [0.05, 0.1) is 18.7 Å². The van der Waals surface area contributed by atoms with Crippen LogP contribution in [-0.2, 0) is 9.53 Å². The van der Waals surface area contributed by atoms with Gasteiger partial charge in [-0.15, -0.1) is 11.6 Å². The molecule has 0 aromatic rings. The van der Waals surface area contributed by atoms with Gasteiger partial charge in [0.1, 0.15) is 0 Å². The van der Waals surface area contributed by atoms with Crippen molar-refractivity contribution in [2.45, 2.75) is 19.4 Å². The van der Waals surface area contributed by atoms with Crippen molar-refractivity contribution in [1.82, 2.24) is 0 Å². The molecular formula is C6H10ClNaO3. The van der Waals surface area contributed by atoms with E-state index in [1.807, 2.05) is 0 Å². The maximum Gasteiger partial charge on any atom is 1.00 e. The van der Waals surface area contributed by atoms with Crippen LogP contribution in [-0.4, -0.2) is 24.6 Å². The average Bonchev–Trinajstić information content (AvgIpc) is 1.89. The largest absolute Gasteiger partial charge is 1.00 e. The van der Waals surface area contributed by atoms with Crippen molar-refractivity contribution < 1.29 is 44.2 Å². The fourth-order valence-electron chi connectivity index (χ4n) is 0.539. The van der Waals surface area contributed by atoms with Crippen LogP contribution in [0.4, 0.5) is 0 Å². The van der Waals surface area contributed by atoms with Crippen LogP contribution >= 0.6 is 11.6 Å². The Hall–Kier alpha value is 0.720. The zero-order valence-electron chi connectivity index (χ0n) is 6.80. The Labute approximate surface area is 93.3 Å². The van der Waals surface area contributed by atoms with Gasteiger partial charge in [0.15, 0.2) is 0 Å². The summed E-state index contributed by atoms with van der Waals surface area (Å²) < 4.78 is 4.81. The van der Waals surface area contributed by atoms with Crippen LogP contribution in [0.3, 0.4) is 0 Å². The first-order chi connectivity index (χ1) is 4.72. The first-order valence-electron chi connectivity index (χ1n) is 3.10. The van der Waals surface area contributed by atoms with Gasteiger partial charge >= 0.3 is 29.6 Å². The van der Waals surface area contributed by atoms with Gasteiger partial charge in [-0.25, -0.2) is 0 Å². The Morgan fingerprint density at radius 2 is 2.27 bits per heavy atom. The van der Waals surface area contributed by atoms with E-state index in [9.17, 15) is 9.90 Å². The molecule has 3 nitrogen and oxygen atoms in total. The number of alkyl halides is 1. The second-order valence-electron chi connectivity index (χ2n) is 1.78. The molecule has 0 aliphatic heterocycles. The van der Waals surface area contributed by atoms with Gasteiger partial charge in [0, 0.05) is 5.88 Å². The van der Waals surface area contributed by atoms with Crippen molar-refractivity contribution in [1.29, 1.82) is 0 Å². The Balaban J connectivity index is 0. The van der Waals surface area contributed by atoms with Crippen molar-refractivity contribution in [3.63, 3.8) is 0 Å². The second-order valence-corrected chi connectivity index (χ2v) is 2.15. The third kappa shape index (κ3) is 7.09. The zero-order chi connectivity index (χ0) is 7.98. The van der Waals surface area contributed by atoms with Gasteiger partial charge in [-0.3, -0.25) is 0 Å². The van der Waals surface area contributed by atoms with E-state index in [2.05, 4.69) is 0 Å². The molecule has 5 heteroatoms. The van der Waals surface area contributed by atoms with Gasteiger partial charge in [0.25, 0.3) is 0 Å². The van der Waals surface area contributed by atoms with Gasteiger partial charge < -0.3 is 14.6 Å². The minimum atomic E-state index is -1.17. The summed E-state index contributed by atoms with van der Waals surface area (Å²) in [6.07, 6.45) is -0.391. The number of carboxylic acid groups (broad SMARTS) is 1. The van der Waals surface area contributed by atoms with Crippen LogP contribution in [0.1, 0.15) is 13.3 Å². The molecule has 0 amide bonds. The SMILES string of the molecule is CCC(OCCCl)C(=O)[O-].[Na+]. The van der Waals surface area contributed by atoms with Crippen LogP contribution in [0.2, 0.25) is 0 Å². The Kier molecular flexibility index (Phi) is 11.4. The van der Waals surface area contributed by atoms with Crippen molar-refractivity contribution in [2.24, 2.45) is 0 Å². The fraction of sp³-hybridized carbons (Fsp3) is 0.833. The smallest absolute Gasteiger partial charge is 0.547 e. The predicted octanol–water partition coefficient (Wildman–Crippen LogP) is -3.23. The second kappa shape index (κ2) is 8.81. The predicted molar refractivity (Wildman–Crippen MR) is 35.8 cm³/mol. The summed E-state index contributed by atoms with van der Waals surface area (Å²) in [4.78, 5) is 10.2. The molecule has 0 spiro atoms. The van der Waals surface area contributed by atoms with Gasteiger partial charge in [-0.1, -0.05) is 6.92 Å². The summed E-state index contributed by atoms with van der Waals surface area (Å²) >= 11 is 5.27. The van der Waals surface area contributed by atoms with Crippen molar-refractivity contribution in [2.75, 3.05) is 12.5 Å². The molecule has 0 N–H and O–H groups in total. The maximum absolute atomic E-state index is 10.2. The molecule has 0 bridgehead atoms. The summed E-state index contributed by atoms with van der Waals surface area (Å²) in [5.74, 6) is -0.864. The number of rotatable bonds is 5. The molecule has 11 heavy (non-hydrogen) atoms. The van der Waals surface area contributed by atoms with E-state index in [0.717, 1.165) is 0 Å². The molecule has 0 radical (unpaired) electrons. The van der Waals surface area contributed by atoms with Crippen molar-refractivity contribution in [3.05, 3.63) is 0 Å². The minimum Gasteiger partial charge on any atom is -0.547 e. The summed E-state index contributed by atoms with van der Waals surface area (Å²) in [6, 6.07) is 0. The van der Waals surface area contributed by atoms with Gasteiger partial charge in [-0.2, -0.15) is 0 Å². The third-order valence-corrected chi connectivity index (χ3v) is 1.18. The summed E-state index contributed by atoms with van der Waals surface area (Å²) in [7, 11) is 0. The van der Waals surface area contributed by atoms with Crippen LogP contribution in [0.25, 0.3) is 0 Å². The summed E-state index contributed by atoms with van der Waals surface area (Å²) in [5, 5.41) is 10.2. The first-order valence-corrected chi connectivity index (χ1v) is 3.64. The molecule has 0 aromatic carbocycles. The minimum absolute atomic E-state index is 0.